The van der Waals surface area contributed by atoms with Crippen molar-refractivity contribution in [3.05, 3.63) is 106 Å². The summed E-state index contributed by atoms with van der Waals surface area (Å²) in [7, 11) is 1.91. The standard InChI is InChI=1S/C28H27BrN4O3/c1-33(18-19-8-3-2-4-9-19)28-31-17-23(26(32-28)22-12-5-6-13-24(22)29)27(36)30-15-14-25(35)20-10-7-11-21(34)16-20/h2-13,16-17,25,34-35H,14-15,18H2,1H3,(H,30,36). The van der Waals surface area contributed by atoms with Gasteiger partial charge in [-0.3, -0.25) is 4.79 Å². The molecule has 4 rings (SSSR count). The molecule has 0 saturated heterocycles. The molecule has 1 amide bonds. The molecule has 36 heavy (non-hydrogen) atoms. The van der Waals surface area contributed by atoms with E-state index in [1.807, 2.05) is 66.5 Å². The third-order valence-corrected chi connectivity index (χ3v) is 6.40. The average molecular weight is 547 g/mol. The van der Waals surface area contributed by atoms with Gasteiger partial charge in [0.05, 0.1) is 17.4 Å². The number of halogens is 1. The maximum atomic E-state index is 13.2. The summed E-state index contributed by atoms with van der Waals surface area (Å²) in [6.07, 6.45) is 1.02. The van der Waals surface area contributed by atoms with Crippen LogP contribution in [0, 0.1) is 0 Å². The van der Waals surface area contributed by atoms with Crippen LogP contribution in [0.15, 0.2) is 89.5 Å². The summed E-state index contributed by atoms with van der Waals surface area (Å²) in [6.45, 7) is 0.857. The predicted molar refractivity (Wildman–Crippen MR) is 144 cm³/mol. The zero-order valence-corrected chi connectivity index (χ0v) is 21.4. The molecule has 0 radical (unpaired) electrons. The van der Waals surface area contributed by atoms with Gasteiger partial charge in [0.15, 0.2) is 0 Å². The van der Waals surface area contributed by atoms with Gasteiger partial charge in [-0.15, -0.1) is 0 Å². The first kappa shape index (κ1) is 25.3. The van der Waals surface area contributed by atoms with Gasteiger partial charge >= 0.3 is 0 Å². The third-order valence-electron chi connectivity index (χ3n) is 5.71. The quantitative estimate of drug-likeness (QED) is 0.270. The molecule has 1 unspecified atom stereocenters. The summed E-state index contributed by atoms with van der Waals surface area (Å²) in [4.78, 5) is 24.3. The molecule has 0 fully saturated rings. The first-order chi connectivity index (χ1) is 17.4. The number of nitrogens with one attached hydrogen (secondary N) is 1. The number of carbonyl (C=O) groups is 1. The number of hydrogen-bond donors (Lipinski definition) is 3. The molecular weight excluding hydrogens is 520 g/mol. The van der Waals surface area contributed by atoms with E-state index in [1.54, 1.807) is 24.4 Å². The van der Waals surface area contributed by atoms with Gasteiger partial charge in [0.2, 0.25) is 5.95 Å². The van der Waals surface area contributed by atoms with Gasteiger partial charge in [-0.1, -0.05) is 76.6 Å². The number of aromatic nitrogens is 2. The zero-order chi connectivity index (χ0) is 25.5. The van der Waals surface area contributed by atoms with Gasteiger partial charge in [-0.05, 0) is 35.7 Å². The molecule has 1 atom stereocenters. The Morgan fingerprint density at radius 3 is 2.56 bits per heavy atom. The van der Waals surface area contributed by atoms with Crippen LogP contribution in [0.4, 0.5) is 5.95 Å². The first-order valence-corrected chi connectivity index (χ1v) is 12.3. The number of aliphatic hydroxyl groups is 1. The number of aromatic hydroxyl groups is 1. The van der Waals surface area contributed by atoms with Crippen molar-refractivity contribution < 1.29 is 15.0 Å². The van der Waals surface area contributed by atoms with Crippen LogP contribution in [-0.2, 0) is 6.54 Å². The molecule has 8 heteroatoms. The van der Waals surface area contributed by atoms with Crippen molar-refractivity contribution in [1.82, 2.24) is 15.3 Å². The number of amides is 1. The van der Waals surface area contributed by atoms with Crippen molar-refractivity contribution in [1.29, 1.82) is 0 Å². The molecule has 0 saturated carbocycles. The monoisotopic (exact) mass is 546 g/mol. The van der Waals surface area contributed by atoms with E-state index < -0.39 is 6.10 Å². The first-order valence-electron chi connectivity index (χ1n) is 11.5. The minimum Gasteiger partial charge on any atom is -0.508 e. The van der Waals surface area contributed by atoms with Crippen LogP contribution < -0.4 is 10.2 Å². The van der Waals surface area contributed by atoms with Crippen molar-refractivity contribution in [2.24, 2.45) is 0 Å². The fourth-order valence-electron chi connectivity index (χ4n) is 3.83. The number of carbonyl (C=O) groups excluding carboxylic acids is 1. The highest BCUT2D eigenvalue weighted by molar-refractivity contribution is 9.10. The molecule has 0 aliphatic heterocycles. The summed E-state index contributed by atoms with van der Waals surface area (Å²) < 4.78 is 0.814. The van der Waals surface area contributed by atoms with E-state index >= 15 is 0 Å². The number of benzene rings is 3. The van der Waals surface area contributed by atoms with Crippen LogP contribution in [0.2, 0.25) is 0 Å². The minimum absolute atomic E-state index is 0.0862. The largest absolute Gasteiger partial charge is 0.508 e. The van der Waals surface area contributed by atoms with Gasteiger partial charge in [0.1, 0.15) is 5.75 Å². The number of nitrogens with zero attached hydrogens (tertiary/aromatic N) is 3. The smallest absolute Gasteiger partial charge is 0.255 e. The van der Waals surface area contributed by atoms with Crippen LogP contribution in [0.25, 0.3) is 11.3 Å². The van der Waals surface area contributed by atoms with E-state index in [-0.39, 0.29) is 24.6 Å². The summed E-state index contributed by atoms with van der Waals surface area (Å²) in [5.74, 6) is 0.254. The lowest BCUT2D eigenvalue weighted by Gasteiger charge is -2.19. The number of anilines is 1. The Morgan fingerprint density at radius 2 is 1.81 bits per heavy atom. The van der Waals surface area contributed by atoms with Crippen molar-refractivity contribution in [2.45, 2.75) is 19.1 Å². The number of hydrogen-bond acceptors (Lipinski definition) is 6. The van der Waals surface area contributed by atoms with E-state index in [4.69, 9.17) is 4.98 Å². The molecule has 0 spiro atoms. The zero-order valence-electron chi connectivity index (χ0n) is 19.8. The Hall–Kier alpha value is -3.75. The van der Waals surface area contributed by atoms with E-state index in [1.165, 1.54) is 6.07 Å². The molecule has 0 aliphatic carbocycles. The fourth-order valence-corrected chi connectivity index (χ4v) is 4.30. The highest BCUT2D eigenvalue weighted by Gasteiger charge is 2.20. The molecule has 1 aromatic heterocycles. The predicted octanol–water partition coefficient (Wildman–Crippen LogP) is 5.10. The Kier molecular flexibility index (Phi) is 8.30. The minimum atomic E-state index is -0.814. The van der Waals surface area contributed by atoms with E-state index in [2.05, 4.69) is 26.2 Å². The lowest BCUT2D eigenvalue weighted by atomic mass is 10.1. The fraction of sp³-hybridized carbons (Fsp3) is 0.179. The van der Waals surface area contributed by atoms with Crippen molar-refractivity contribution in [3.63, 3.8) is 0 Å². The number of rotatable bonds is 9. The van der Waals surface area contributed by atoms with E-state index in [9.17, 15) is 15.0 Å². The summed E-state index contributed by atoms with van der Waals surface area (Å²) in [6, 6.07) is 24.1. The lowest BCUT2D eigenvalue weighted by Crippen LogP contribution is -2.27. The average Bonchev–Trinajstić information content (AvgIpc) is 2.89. The van der Waals surface area contributed by atoms with Gasteiger partial charge in [-0.2, -0.15) is 0 Å². The molecule has 3 aromatic carbocycles. The molecule has 0 bridgehead atoms. The molecule has 3 N–H and O–H groups in total. The van der Waals surface area contributed by atoms with Crippen LogP contribution in [0.3, 0.4) is 0 Å². The van der Waals surface area contributed by atoms with Gasteiger partial charge < -0.3 is 20.4 Å². The lowest BCUT2D eigenvalue weighted by molar-refractivity contribution is 0.0942. The van der Waals surface area contributed by atoms with E-state index in [0.29, 0.717) is 29.3 Å². The number of phenolic OH excluding ortho intramolecular Hbond substituents is 1. The topological polar surface area (TPSA) is 98.6 Å². The SMILES string of the molecule is CN(Cc1ccccc1)c1ncc(C(=O)NCCC(O)c2cccc(O)c2)c(-c2ccccc2Br)n1. The Morgan fingerprint density at radius 1 is 1.06 bits per heavy atom. The molecular formula is C28H27BrN4O3. The molecule has 184 valence electrons. The second kappa shape index (κ2) is 11.8. The van der Waals surface area contributed by atoms with Crippen LogP contribution >= 0.6 is 15.9 Å². The maximum absolute atomic E-state index is 13.2. The third kappa shape index (κ3) is 6.27. The van der Waals surface area contributed by atoms with Crippen LogP contribution in [-0.4, -0.2) is 39.7 Å². The Bertz CT molecular complexity index is 1330. The summed E-state index contributed by atoms with van der Waals surface area (Å²) in [5.41, 5.74) is 3.34. The highest BCUT2D eigenvalue weighted by Crippen LogP contribution is 2.30. The second-order valence-corrected chi connectivity index (χ2v) is 9.26. The number of aliphatic hydroxyl groups excluding tert-OH is 1. The summed E-state index contributed by atoms with van der Waals surface area (Å²) >= 11 is 3.58. The van der Waals surface area contributed by atoms with Crippen LogP contribution in [0.5, 0.6) is 5.75 Å². The molecule has 4 aromatic rings. The van der Waals surface area contributed by atoms with Crippen molar-refractivity contribution in [3.8, 4) is 17.0 Å². The number of phenols is 1. The van der Waals surface area contributed by atoms with Crippen molar-refractivity contribution in [2.75, 3.05) is 18.5 Å². The highest BCUT2D eigenvalue weighted by atomic mass is 79.9. The molecule has 7 nitrogen and oxygen atoms in total. The Labute approximate surface area is 218 Å². The summed E-state index contributed by atoms with van der Waals surface area (Å²) in [5, 5.41) is 22.9. The molecule has 0 aliphatic rings. The second-order valence-electron chi connectivity index (χ2n) is 8.41. The van der Waals surface area contributed by atoms with Gasteiger partial charge in [0, 0.05) is 36.4 Å². The molecule has 1 heterocycles. The van der Waals surface area contributed by atoms with Crippen molar-refractivity contribution >= 4 is 27.8 Å². The van der Waals surface area contributed by atoms with Gasteiger partial charge in [0.25, 0.3) is 5.91 Å². The van der Waals surface area contributed by atoms with Crippen LogP contribution in [0.1, 0.15) is 34.0 Å². The Balaban J connectivity index is 1.54. The van der Waals surface area contributed by atoms with E-state index in [0.717, 1.165) is 15.6 Å². The maximum Gasteiger partial charge on any atom is 0.255 e. The normalized spacial score (nSPS) is 11.6. The van der Waals surface area contributed by atoms with Gasteiger partial charge in [-0.25, -0.2) is 9.97 Å².